The summed E-state index contributed by atoms with van der Waals surface area (Å²) < 4.78 is 0. The Hall–Kier alpha value is -2.82. The van der Waals surface area contributed by atoms with Crippen molar-refractivity contribution in [1.29, 1.82) is 0 Å². The normalized spacial score (nSPS) is 9.85. The molecular weight excluding hydrogens is 258 g/mol. The van der Waals surface area contributed by atoms with Gasteiger partial charge >= 0.3 is 5.97 Å². The van der Waals surface area contributed by atoms with E-state index in [-0.39, 0.29) is 11.5 Å². The van der Waals surface area contributed by atoms with Crippen LogP contribution in [0.25, 0.3) is 11.1 Å². The molecule has 0 atom stereocenters. The first kappa shape index (κ1) is 13.6. The number of carbonyl (C=O) groups is 2. The highest BCUT2D eigenvalue weighted by atomic mass is 16.7. The van der Waals surface area contributed by atoms with Gasteiger partial charge < -0.3 is 9.94 Å². The van der Waals surface area contributed by atoms with E-state index in [1.165, 1.54) is 13.0 Å². The van der Waals surface area contributed by atoms with Gasteiger partial charge in [0.2, 0.25) is 5.91 Å². The van der Waals surface area contributed by atoms with Gasteiger partial charge in [-0.2, -0.15) is 5.48 Å². The molecule has 0 saturated heterocycles. The Bertz CT molecular complexity index is 652. The van der Waals surface area contributed by atoms with Gasteiger partial charge in [0, 0.05) is 12.5 Å². The average molecular weight is 271 g/mol. The number of hydrogen-bond donors (Lipinski definition) is 2. The molecule has 5 nitrogen and oxygen atoms in total. The quantitative estimate of drug-likeness (QED) is 0.838. The average Bonchev–Trinajstić information content (AvgIpc) is 2.45. The lowest BCUT2D eigenvalue weighted by Gasteiger charge is -2.12. The fourth-order valence-corrected chi connectivity index (χ4v) is 1.81. The molecule has 0 aromatic heterocycles. The van der Waals surface area contributed by atoms with E-state index in [9.17, 15) is 14.7 Å². The van der Waals surface area contributed by atoms with Crippen molar-refractivity contribution < 1.29 is 19.5 Å². The van der Waals surface area contributed by atoms with Gasteiger partial charge in [0.1, 0.15) is 0 Å². The second-order valence-corrected chi connectivity index (χ2v) is 4.11. The molecule has 0 aliphatic rings. The van der Waals surface area contributed by atoms with Crippen LogP contribution in [0.2, 0.25) is 0 Å². The molecule has 0 aliphatic carbocycles. The predicted octanol–water partition coefficient (Wildman–Crippen LogP) is 2.48. The first-order valence-corrected chi connectivity index (χ1v) is 5.94. The van der Waals surface area contributed by atoms with Crippen molar-refractivity contribution in [3.8, 4) is 16.9 Å². The number of aromatic carboxylic acids is 1. The lowest BCUT2D eigenvalue weighted by atomic mass is 9.99. The minimum atomic E-state index is -1.02. The first-order valence-electron chi connectivity index (χ1n) is 5.94. The highest BCUT2D eigenvalue weighted by Crippen LogP contribution is 2.31. The summed E-state index contributed by atoms with van der Waals surface area (Å²) >= 11 is 0. The number of carbonyl (C=O) groups excluding carboxylic acids is 1. The summed E-state index contributed by atoms with van der Waals surface area (Å²) in [5.74, 6) is -0.974. The Labute approximate surface area is 115 Å². The zero-order valence-electron chi connectivity index (χ0n) is 10.8. The Morgan fingerprint density at radius 2 is 1.60 bits per heavy atom. The van der Waals surface area contributed by atoms with Gasteiger partial charge in [-0.3, -0.25) is 4.79 Å². The SMILES string of the molecule is CC(=O)NOc1ccccc1-c1ccccc1C(=O)O. The highest BCUT2D eigenvalue weighted by molar-refractivity contribution is 5.96. The molecular formula is C15H13NO4. The number of benzene rings is 2. The molecule has 2 rings (SSSR count). The maximum Gasteiger partial charge on any atom is 0.336 e. The minimum absolute atomic E-state index is 0.173. The van der Waals surface area contributed by atoms with Crippen LogP contribution in [0.5, 0.6) is 5.75 Å². The number of rotatable bonds is 4. The lowest BCUT2D eigenvalue weighted by molar-refractivity contribution is -0.125. The fraction of sp³-hybridized carbons (Fsp3) is 0.0667. The highest BCUT2D eigenvalue weighted by Gasteiger charge is 2.14. The summed E-state index contributed by atoms with van der Waals surface area (Å²) in [5, 5.41) is 9.23. The summed E-state index contributed by atoms with van der Waals surface area (Å²) in [5.41, 5.74) is 3.53. The van der Waals surface area contributed by atoms with Gasteiger partial charge in [-0.05, 0) is 17.7 Å². The summed E-state index contributed by atoms with van der Waals surface area (Å²) in [6, 6.07) is 13.5. The third-order valence-electron chi connectivity index (χ3n) is 2.64. The number of amides is 1. The predicted molar refractivity (Wildman–Crippen MR) is 73.3 cm³/mol. The molecule has 1 amide bonds. The van der Waals surface area contributed by atoms with Gasteiger partial charge in [-0.25, -0.2) is 4.79 Å². The Morgan fingerprint density at radius 1 is 1.00 bits per heavy atom. The van der Waals surface area contributed by atoms with Crippen LogP contribution in [-0.4, -0.2) is 17.0 Å². The molecule has 102 valence electrons. The summed E-state index contributed by atoms with van der Waals surface area (Å²) in [6.45, 7) is 1.33. The molecule has 0 unspecified atom stereocenters. The second-order valence-electron chi connectivity index (χ2n) is 4.11. The van der Waals surface area contributed by atoms with Crippen LogP contribution in [0.3, 0.4) is 0 Å². The van der Waals surface area contributed by atoms with E-state index < -0.39 is 5.97 Å². The number of carboxylic acid groups (broad SMARTS) is 1. The van der Waals surface area contributed by atoms with Crippen molar-refractivity contribution in [3.63, 3.8) is 0 Å². The summed E-state index contributed by atoms with van der Waals surface area (Å²) in [6.07, 6.45) is 0. The summed E-state index contributed by atoms with van der Waals surface area (Å²) in [7, 11) is 0. The molecule has 0 spiro atoms. The maximum atomic E-state index is 11.3. The lowest BCUT2D eigenvalue weighted by Crippen LogP contribution is -2.24. The molecule has 0 fully saturated rings. The smallest absolute Gasteiger partial charge is 0.336 e. The van der Waals surface area contributed by atoms with Crippen molar-refractivity contribution in [3.05, 3.63) is 54.1 Å². The second kappa shape index (κ2) is 5.88. The third kappa shape index (κ3) is 2.95. The number of para-hydroxylation sites is 1. The van der Waals surface area contributed by atoms with Gasteiger partial charge in [0.05, 0.1) is 5.56 Å². The Balaban J connectivity index is 2.47. The molecule has 2 aromatic rings. The van der Waals surface area contributed by atoms with Gasteiger partial charge in [0.25, 0.3) is 0 Å². The Morgan fingerprint density at radius 3 is 2.25 bits per heavy atom. The topological polar surface area (TPSA) is 75.6 Å². The fourth-order valence-electron chi connectivity index (χ4n) is 1.81. The number of hydrogen-bond acceptors (Lipinski definition) is 3. The number of hydroxylamine groups is 1. The van der Waals surface area contributed by atoms with Crippen LogP contribution < -0.4 is 10.3 Å². The monoisotopic (exact) mass is 271 g/mol. The number of carboxylic acids is 1. The van der Waals surface area contributed by atoms with E-state index in [2.05, 4.69) is 5.48 Å². The molecule has 2 N–H and O–H groups in total. The molecule has 20 heavy (non-hydrogen) atoms. The van der Waals surface area contributed by atoms with Crippen LogP contribution in [0, 0.1) is 0 Å². The van der Waals surface area contributed by atoms with E-state index in [1.54, 1.807) is 42.5 Å². The number of nitrogens with one attached hydrogen (secondary N) is 1. The zero-order chi connectivity index (χ0) is 14.5. The summed E-state index contributed by atoms with van der Waals surface area (Å²) in [4.78, 5) is 27.4. The van der Waals surface area contributed by atoms with Crippen LogP contribution in [0.15, 0.2) is 48.5 Å². The van der Waals surface area contributed by atoms with Crippen molar-refractivity contribution in [2.24, 2.45) is 0 Å². The molecule has 0 aliphatic heterocycles. The van der Waals surface area contributed by atoms with Crippen molar-refractivity contribution in [2.45, 2.75) is 6.92 Å². The van der Waals surface area contributed by atoms with E-state index in [0.29, 0.717) is 16.9 Å². The molecule has 0 radical (unpaired) electrons. The van der Waals surface area contributed by atoms with Crippen LogP contribution in [0.4, 0.5) is 0 Å². The molecule has 5 heteroatoms. The van der Waals surface area contributed by atoms with Gasteiger partial charge in [0.15, 0.2) is 5.75 Å². The molecule has 0 saturated carbocycles. The largest absolute Gasteiger partial charge is 0.478 e. The molecule has 2 aromatic carbocycles. The molecule has 0 bridgehead atoms. The zero-order valence-corrected chi connectivity index (χ0v) is 10.8. The van der Waals surface area contributed by atoms with E-state index in [4.69, 9.17) is 4.84 Å². The van der Waals surface area contributed by atoms with Crippen molar-refractivity contribution in [2.75, 3.05) is 0 Å². The minimum Gasteiger partial charge on any atom is -0.478 e. The van der Waals surface area contributed by atoms with Crippen LogP contribution in [-0.2, 0) is 4.79 Å². The van der Waals surface area contributed by atoms with Crippen LogP contribution >= 0.6 is 0 Å². The van der Waals surface area contributed by atoms with Gasteiger partial charge in [-0.15, -0.1) is 0 Å². The van der Waals surface area contributed by atoms with Crippen LogP contribution in [0.1, 0.15) is 17.3 Å². The molecule has 0 heterocycles. The van der Waals surface area contributed by atoms with Gasteiger partial charge in [-0.1, -0.05) is 36.4 Å². The van der Waals surface area contributed by atoms with E-state index in [1.807, 2.05) is 0 Å². The van der Waals surface area contributed by atoms with Crippen molar-refractivity contribution in [1.82, 2.24) is 5.48 Å². The Kier molecular flexibility index (Phi) is 4.00. The third-order valence-corrected chi connectivity index (χ3v) is 2.64. The standard InChI is InChI=1S/C15H13NO4/c1-10(17)16-20-14-9-5-4-7-12(14)11-6-2-3-8-13(11)15(18)19/h2-9H,1H3,(H,16,17)(H,18,19). The van der Waals surface area contributed by atoms with E-state index >= 15 is 0 Å². The van der Waals surface area contributed by atoms with E-state index in [0.717, 1.165) is 0 Å². The maximum absolute atomic E-state index is 11.3. The first-order chi connectivity index (χ1) is 9.59. The van der Waals surface area contributed by atoms with Crippen molar-refractivity contribution >= 4 is 11.9 Å².